The molecule has 20 heavy (non-hydrogen) atoms. The van der Waals surface area contributed by atoms with E-state index in [2.05, 4.69) is 10.6 Å². The Morgan fingerprint density at radius 1 is 1.30 bits per heavy atom. The van der Waals surface area contributed by atoms with Crippen molar-refractivity contribution in [1.29, 1.82) is 0 Å². The molecule has 1 aliphatic rings. The topological polar surface area (TPSA) is 84.2 Å². The Morgan fingerprint density at radius 3 is 2.55 bits per heavy atom. The highest BCUT2D eigenvalue weighted by molar-refractivity contribution is 5.94. The number of carbonyl (C=O) groups excluding carboxylic acids is 2. The van der Waals surface area contributed by atoms with Crippen LogP contribution in [0.4, 0.5) is 4.39 Å². The monoisotopic (exact) mass is 279 g/mol. The predicted octanol–water partition coefficient (Wildman–Crippen LogP) is 0.471. The van der Waals surface area contributed by atoms with Gasteiger partial charge < -0.3 is 16.4 Å². The van der Waals surface area contributed by atoms with Crippen molar-refractivity contribution < 1.29 is 14.0 Å². The molecule has 4 N–H and O–H groups in total. The second-order valence-corrected chi connectivity index (χ2v) is 5.13. The second-order valence-electron chi connectivity index (χ2n) is 5.13. The lowest BCUT2D eigenvalue weighted by Crippen LogP contribution is -2.45. The first-order chi connectivity index (χ1) is 9.42. The van der Waals surface area contributed by atoms with Gasteiger partial charge in [0.25, 0.3) is 5.91 Å². The SMILES string of the molecule is Cc1ccc(C(=O)NCCNC(=O)C2(N)CC2)cc1F. The van der Waals surface area contributed by atoms with Crippen LogP contribution in [-0.4, -0.2) is 30.4 Å². The quantitative estimate of drug-likeness (QED) is 0.685. The van der Waals surface area contributed by atoms with Gasteiger partial charge in [0, 0.05) is 18.7 Å². The summed E-state index contributed by atoms with van der Waals surface area (Å²) in [6.07, 6.45) is 1.40. The maximum absolute atomic E-state index is 13.3. The number of carbonyl (C=O) groups is 2. The van der Waals surface area contributed by atoms with Gasteiger partial charge in [0.05, 0.1) is 5.54 Å². The molecule has 0 saturated heterocycles. The molecule has 2 amide bonds. The lowest BCUT2D eigenvalue weighted by atomic mass is 10.1. The largest absolute Gasteiger partial charge is 0.353 e. The molecular weight excluding hydrogens is 261 g/mol. The van der Waals surface area contributed by atoms with Crippen molar-refractivity contribution in [2.24, 2.45) is 5.73 Å². The fraction of sp³-hybridized carbons (Fsp3) is 0.429. The van der Waals surface area contributed by atoms with Gasteiger partial charge in [-0.3, -0.25) is 9.59 Å². The Labute approximate surface area is 116 Å². The number of aryl methyl sites for hydroxylation is 1. The highest BCUT2D eigenvalue weighted by Gasteiger charge is 2.45. The molecule has 0 atom stereocenters. The van der Waals surface area contributed by atoms with Crippen molar-refractivity contribution in [1.82, 2.24) is 10.6 Å². The summed E-state index contributed by atoms with van der Waals surface area (Å²) in [5, 5.41) is 5.27. The van der Waals surface area contributed by atoms with E-state index in [1.165, 1.54) is 6.07 Å². The van der Waals surface area contributed by atoms with Gasteiger partial charge in [-0.05, 0) is 37.5 Å². The van der Waals surface area contributed by atoms with Crippen LogP contribution in [0.25, 0.3) is 0 Å². The fourth-order valence-electron chi connectivity index (χ4n) is 1.73. The third-order valence-corrected chi connectivity index (χ3v) is 3.37. The van der Waals surface area contributed by atoms with Crippen LogP contribution < -0.4 is 16.4 Å². The minimum atomic E-state index is -0.704. The molecule has 1 aliphatic carbocycles. The average molecular weight is 279 g/mol. The predicted molar refractivity (Wildman–Crippen MR) is 72.6 cm³/mol. The van der Waals surface area contributed by atoms with Gasteiger partial charge in [0.1, 0.15) is 5.82 Å². The molecule has 5 nitrogen and oxygen atoms in total. The van der Waals surface area contributed by atoms with Crippen LogP contribution in [-0.2, 0) is 4.79 Å². The maximum Gasteiger partial charge on any atom is 0.251 e. The van der Waals surface area contributed by atoms with E-state index in [1.807, 2.05) is 0 Å². The highest BCUT2D eigenvalue weighted by atomic mass is 19.1. The second kappa shape index (κ2) is 5.58. The summed E-state index contributed by atoms with van der Waals surface area (Å²) in [5.74, 6) is -0.968. The molecule has 1 aromatic rings. The Morgan fingerprint density at radius 2 is 1.95 bits per heavy atom. The van der Waals surface area contributed by atoms with Crippen LogP contribution in [0, 0.1) is 12.7 Å². The van der Waals surface area contributed by atoms with Crippen LogP contribution in [0.15, 0.2) is 18.2 Å². The smallest absolute Gasteiger partial charge is 0.251 e. The molecule has 0 spiro atoms. The number of benzene rings is 1. The van der Waals surface area contributed by atoms with Crippen molar-refractivity contribution in [3.63, 3.8) is 0 Å². The Hall–Kier alpha value is -1.95. The molecule has 1 fully saturated rings. The molecule has 0 aliphatic heterocycles. The first-order valence-corrected chi connectivity index (χ1v) is 6.54. The van der Waals surface area contributed by atoms with Crippen molar-refractivity contribution in [3.05, 3.63) is 35.1 Å². The van der Waals surface area contributed by atoms with E-state index in [9.17, 15) is 14.0 Å². The molecule has 108 valence electrons. The highest BCUT2D eigenvalue weighted by Crippen LogP contribution is 2.31. The Kier molecular flexibility index (Phi) is 4.04. The van der Waals surface area contributed by atoms with Crippen molar-refractivity contribution in [2.75, 3.05) is 13.1 Å². The summed E-state index contributed by atoms with van der Waals surface area (Å²) >= 11 is 0. The third-order valence-electron chi connectivity index (χ3n) is 3.37. The van der Waals surface area contributed by atoms with Crippen molar-refractivity contribution >= 4 is 11.8 Å². The molecule has 1 saturated carbocycles. The van der Waals surface area contributed by atoms with Crippen LogP contribution in [0.1, 0.15) is 28.8 Å². The summed E-state index contributed by atoms with van der Waals surface area (Å²) in [6.45, 7) is 2.21. The minimum absolute atomic E-state index is 0.187. The van der Waals surface area contributed by atoms with E-state index in [1.54, 1.807) is 19.1 Å². The van der Waals surface area contributed by atoms with E-state index < -0.39 is 11.4 Å². The zero-order chi connectivity index (χ0) is 14.8. The molecule has 0 aromatic heterocycles. The zero-order valence-electron chi connectivity index (χ0n) is 11.3. The number of nitrogens with two attached hydrogens (primary N) is 1. The Balaban J connectivity index is 1.75. The van der Waals surface area contributed by atoms with Gasteiger partial charge in [0.2, 0.25) is 5.91 Å². The Bertz CT molecular complexity index is 541. The van der Waals surface area contributed by atoms with E-state index in [0.29, 0.717) is 24.9 Å². The van der Waals surface area contributed by atoms with Gasteiger partial charge in [0.15, 0.2) is 0 Å². The number of halogens is 1. The molecule has 0 bridgehead atoms. The van der Waals surface area contributed by atoms with E-state index in [0.717, 1.165) is 0 Å². The summed E-state index contributed by atoms with van der Waals surface area (Å²) in [7, 11) is 0. The molecule has 0 heterocycles. The van der Waals surface area contributed by atoms with Crippen molar-refractivity contribution in [3.8, 4) is 0 Å². The van der Waals surface area contributed by atoms with Crippen LogP contribution in [0.2, 0.25) is 0 Å². The molecular formula is C14H18FN3O2. The first kappa shape index (κ1) is 14.5. The molecule has 6 heteroatoms. The van der Waals surface area contributed by atoms with E-state index >= 15 is 0 Å². The fourth-order valence-corrected chi connectivity index (χ4v) is 1.73. The lowest BCUT2D eigenvalue weighted by Gasteiger charge is -2.10. The van der Waals surface area contributed by atoms with Gasteiger partial charge in [-0.1, -0.05) is 6.07 Å². The summed E-state index contributed by atoms with van der Waals surface area (Å²) < 4.78 is 13.3. The van der Waals surface area contributed by atoms with Gasteiger partial charge in [-0.15, -0.1) is 0 Å². The maximum atomic E-state index is 13.3. The summed E-state index contributed by atoms with van der Waals surface area (Å²) in [6, 6.07) is 4.31. The number of hydrogen-bond donors (Lipinski definition) is 3. The number of rotatable bonds is 5. The number of amides is 2. The third kappa shape index (κ3) is 3.33. The number of hydrogen-bond acceptors (Lipinski definition) is 3. The summed E-state index contributed by atoms with van der Waals surface area (Å²) in [4.78, 5) is 23.3. The minimum Gasteiger partial charge on any atom is -0.353 e. The number of nitrogens with one attached hydrogen (secondary N) is 2. The van der Waals surface area contributed by atoms with Crippen LogP contribution >= 0.6 is 0 Å². The van der Waals surface area contributed by atoms with Crippen molar-refractivity contribution in [2.45, 2.75) is 25.3 Å². The standard InChI is InChI=1S/C14H18FN3O2/c1-9-2-3-10(8-11(9)15)12(19)17-6-7-18-13(20)14(16)4-5-14/h2-3,8H,4-7,16H2,1H3,(H,17,19)(H,18,20). The van der Waals surface area contributed by atoms with E-state index in [4.69, 9.17) is 5.73 Å². The van der Waals surface area contributed by atoms with Gasteiger partial charge in [-0.25, -0.2) is 4.39 Å². The molecule has 0 radical (unpaired) electrons. The normalized spacial score (nSPS) is 15.6. The average Bonchev–Trinajstić information content (AvgIpc) is 3.16. The van der Waals surface area contributed by atoms with Crippen LogP contribution in [0.5, 0.6) is 0 Å². The van der Waals surface area contributed by atoms with E-state index in [-0.39, 0.29) is 23.9 Å². The van der Waals surface area contributed by atoms with Crippen LogP contribution in [0.3, 0.4) is 0 Å². The zero-order valence-corrected chi connectivity index (χ0v) is 11.3. The lowest BCUT2D eigenvalue weighted by molar-refractivity contribution is -0.123. The summed E-state index contributed by atoms with van der Waals surface area (Å²) in [5.41, 5.74) is 5.76. The molecule has 2 rings (SSSR count). The van der Waals surface area contributed by atoms with Gasteiger partial charge in [-0.2, -0.15) is 0 Å². The van der Waals surface area contributed by atoms with Gasteiger partial charge >= 0.3 is 0 Å². The first-order valence-electron chi connectivity index (χ1n) is 6.54. The molecule has 0 unspecified atom stereocenters. The molecule has 1 aromatic carbocycles.